The van der Waals surface area contributed by atoms with E-state index >= 15 is 0 Å². The molecule has 10 nitrogen and oxygen atoms in total. The van der Waals surface area contributed by atoms with Crippen molar-refractivity contribution in [3.05, 3.63) is 89.8 Å². The summed E-state index contributed by atoms with van der Waals surface area (Å²) in [6.45, 7) is 0. The van der Waals surface area contributed by atoms with Crippen molar-refractivity contribution in [1.82, 2.24) is 33.6 Å². The zero-order chi connectivity index (χ0) is 29.2. The standard InChI is InChI=1S/C29H27F2N7O3S/c1-36-16-23(15-35-36)42(40,41)38(20-4-5-20)21-3-2-18-10-26-25(34-17-37(26)22-6-7-27(31)33-14-22)13-29(18,12-21)28(39)24-11-19(30)8-9-32-24/h6-11,14-17,20-21H,2-5,12-13H2,1H3/t21-,29+/m0/s1. The maximum Gasteiger partial charge on any atom is 0.246 e. The van der Waals surface area contributed by atoms with Crippen LogP contribution in [0, 0.1) is 17.2 Å². The van der Waals surface area contributed by atoms with E-state index in [1.165, 1.54) is 41.6 Å². The molecule has 4 heterocycles. The van der Waals surface area contributed by atoms with E-state index in [1.807, 2.05) is 6.08 Å². The Morgan fingerprint density at radius 1 is 1.07 bits per heavy atom. The first kappa shape index (κ1) is 26.8. The number of Topliss-reactive ketones (excluding diaryl/α,β-unsaturated/α-hetero) is 1. The first-order valence-corrected chi connectivity index (χ1v) is 15.2. The molecule has 0 spiro atoms. The van der Waals surface area contributed by atoms with Crippen molar-refractivity contribution >= 4 is 21.9 Å². The predicted octanol–water partition coefficient (Wildman–Crippen LogP) is 3.89. The molecule has 0 aromatic carbocycles. The topological polar surface area (TPSA) is 116 Å². The van der Waals surface area contributed by atoms with Crippen molar-refractivity contribution in [1.29, 1.82) is 0 Å². The second-order valence-corrected chi connectivity index (χ2v) is 13.1. The first-order valence-electron chi connectivity index (χ1n) is 13.7. The fourth-order valence-corrected chi connectivity index (χ4v) is 8.31. The van der Waals surface area contributed by atoms with Gasteiger partial charge in [-0.25, -0.2) is 22.8 Å². The van der Waals surface area contributed by atoms with E-state index in [0.29, 0.717) is 24.2 Å². The third-order valence-electron chi connectivity index (χ3n) is 8.51. The zero-order valence-corrected chi connectivity index (χ0v) is 23.5. The van der Waals surface area contributed by atoms with Crippen LogP contribution in [0.1, 0.15) is 54.0 Å². The summed E-state index contributed by atoms with van der Waals surface area (Å²) in [5, 5.41) is 4.07. The summed E-state index contributed by atoms with van der Waals surface area (Å²) in [5.74, 6) is -1.54. The van der Waals surface area contributed by atoms with Crippen LogP contribution in [-0.4, -0.2) is 59.9 Å². The number of imidazole rings is 1. The Labute approximate surface area is 240 Å². The molecule has 7 rings (SSSR count). The Hall–Kier alpha value is -4.10. The lowest BCUT2D eigenvalue weighted by atomic mass is 9.61. The molecule has 4 aromatic rings. The van der Waals surface area contributed by atoms with Crippen LogP contribution in [0.25, 0.3) is 11.8 Å². The number of carbonyl (C=O) groups excluding carboxylic acids is 1. The van der Waals surface area contributed by atoms with E-state index in [4.69, 9.17) is 0 Å². The molecular formula is C29H27F2N7O3S. The number of allylic oxidation sites excluding steroid dienone is 1. The lowest BCUT2D eigenvalue weighted by molar-refractivity contribution is 0.0731. The SMILES string of the molecule is Cn1cc(S(=O)(=O)N(C2CC2)[C@H]2CCC3=Cc4c(ncn4-c4ccc(F)nc4)C[C@]3(C(=O)c3cc(F)ccn3)C2)cn1. The Bertz CT molecular complexity index is 1850. The van der Waals surface area contributed by atoms with Gasteiger partial charge in [-0.1, -0.05) is 5.57 Å². The molecular weight excluding hydrogens is 564 g/mol. The Balaban J connectivity index is 1.32. The van der Waals surface area contributed by atoms with E-state index in [1.54, 1.807) is 28.3 Å². The highest BCUT2D eigenvalue weighted by Crippen LogP contribution is 2.52. The average molecular weight is 592 g/mol. The monoisotopic (exact) mass is 591 g/mol. The molecule has 0 saturated heterocycles. The van der Waals surface area contributed by atoms with Gasteiger partial charge in [0.05, 0.1) is 34.9 Å². The van der Waals surface area contributed by atoms with Crippen LogP contribution in [0.15, 0.2) is 65.8 Å². The summed E-state index contributed by atoms with van der Waals surface area (Å²) >= 11 is 0. The molecule has 4 aromatic heterocycles. The van der Waals surface area contributed by atoms with Gasteiger partial charge in [-0.2, -0.15) is 13.8 Å². The molecule has 0 aliphatic heterocycles. The van der Waals surface area contributed by atoms with E-state index in [9.17, 15) is 22.0 Å². The number of fused-ring (bicyclic) bond motifs is 2. The average Bonchev–Trinajstić information content (AvgIpc) is 3.55. The number of halogens is 2. The van der Waals surface area contributed by atoms with Crippen molar-refractivity contribution in [2.45, 2.75) is 55.5 Å². The van der Waals surface area contributed by atoms with E-state index in [0.717, 1.165) is 30.2 Å². The smallest absolute Gasteiger partial charge is 0.246 e. The van der Waals surface area contributed by atoms with E-state index in [2.05, 4.69) is 20.1 Å². The van der Waals surface area contributed by atoms with Gasteiger partial charge in [0, 0.05) is 44.0 Å². The fraction of sp³-hybridized carbons (Fsp3) is 0.345. The van der Waals surface area contributed by atoms with E-state index in [-0.39, 0.29) is 35.3 Å². The van der Waals surface area contributed by atoms with Crippen molar-refractivity contribution in [2.24, 2.45) is 12.5 Å². The molecule has 0 unspecified atom stereocenters. The number of aromatic nitrogens is 6. The first-order chi connectivity index (χ1) is 20.2. The van der Waals surface area contributed by atoms with Gasteiger partial charge in [0.2, 0.25) is 16.0 Å². The summed E-state index contributed by atoms with van der Waals surface area (Å²) in [6, 6.07) is 4.54. The van der Waals surface area contributed by atoms with Gasteiger partial charge in [-0.05, 0) is 56.4 Å². The molecule has 0 N–H and O–H groups in total. The number of sulfonamides is 1. The molecule has 2 fully saturated rings. The quantitative estimate of drug-likeness (QED) is 0.237. The van der Waals surface area contributed by atoms with Gasteiger partial charge in [0.15, 0.2) is 5.78 Å². The molecule has 2 saturated carbocycles. The summed E-state index contributed by atoms with van der Waals surface area (Å²) in [4.78, 5) is 27.1. The largest absolute Gasteiger partial charge is 0.298 e. The molecule has 3 aliphatic carbocycles. The van der Waals surface area contributed by atoms with Gasteiger partial charge in [-0.15, -0.1) is 0 Å². The summed E-state index contributed by atoms with van der Waals surface area (Å²) in [5.41, 5.74) is 1.61. The number of nitrogens with zero attached hydrogens (tertiary/aromatic N) is 7. The number of ketones is 1. The van der Waals surface area contributed by atoms with Gasteiger partial charge >= 0.3 is 0 Å². The molecule has 216 valence electrons. The second kappa shape index (κ2) is 9.73. The highest BCUT2D eigenvalue weighted by atomic mass is 32.2. The van der Waals surface area contributed by atoms with Crippen LogP contribution in [0.3, 0.4) is 0 Å². The summed E-state index contributed by atoms with van der Waals surface area (Å²) < 4.78 is 60.5. The minimum Gasteiger partial charge on any atom is -0.298 e. The maximum absolute atomic E-state index is 14.4. The molecule has 13 heteroatoms. The highest BCUT2D eigenvalue weighted by molar-refractivity contribution is 7.89. The number of rotatable bonds is 7. The van der Waals surface area contributed by atoms with Crippen molar-refractivity contribution in [3.63, 3.8) is 0 Å². The van der Waals surface area contributed by atoms with Crippen LogP contribution in [0.2, 0.25) is 0 Å². The number of aryl methyl sites for hydroxylation is 1. The highest BCUT2D eigenvalue weighted by Gasteiger charge is 2.54. The number of hydrogen-bond acceptors (Lipinski definition) is 7. The normalized spacial score (nSPS) is 22.0. The minimum atomic E-state index is -3.89. The zero-order valence-electron chi connectivity index (χ0n) is 22.7. The van der Waals surface area contributed by atoms with Gasteiger partial charge in [-0.3, -0.25) is 19.0 Å². The lowest BCUT2D eigenvalue weighted by Gasteiger charge is -2.46. The third kappa shape index (κ3) is 4.38. The van der Waals surface area contributed by atoms with Crippen LogP contribution in [0.4, 0.5) is 8.78 Å². The Kier molecular flexibility index (Phi) is 6.21. The van der Waals surface area contributed by atoms with Gasteiger partial charge in [0.25, 0.3) is 0 Å². The van der Waals surface area contributed by atoms with Gasteiger partial charge in [0.1, 0.15) is 22.7 Å². The van der Waals surface area contributed by atoms with Crippen molar-refractivity contribution in [2.75, 3.05) is 0 Å². The predicted molar refractivity (Wildman–Crippen MR) is 147 cm³/mol. The molecule has 3 aliphatic rings. The number of pyridine rings is 2. The molecule has 2 atom stereocenters. The Morgan fingerprint density at radius 3 is 2.60 bits per heavy atom. The number of hydrogen-bond donors (Lipinski definition) is 0. The molecule has 0 radical (unpaired) electrons. The second-order valence-electron chi connectivity index (χ2n) is 11.2. The molecule has 42 heavy (non-hydrogen) atoms. The third-order valence-corrected chi connectivity index (χ3v) is 10.5. The summed E-state index contributed by atoms with van der Waals surface area (Å²) in [6.07, 6.45) is 11.9. The summed E-state index contributed by atoms with van der Waals surface area (Å²) in [7, 11) is -2.22. The molecule has 0 bridgehead atoms. The van der Waals surface area contributed by atoms with E-state index < -0.39 is 33.2 Å². The lowest BCUT2D eigenvalue weighted by Crippen LogP contribution is -2.51. The molecule has 0 amide bonds. The fourth-order valence-electron chi connectivity index (χ4n) is 6.43. The van der Waals surface area contributed by atoms with Crippen LogP contribution in [0.5, 0.6) is 0 Å². The van der Waals surface area contributed by atoms with Gasteiger partial charge < -0.3 is 0 Å². The van der Waals surface area contributed by atoms with Crippen LogP contribution >= 0.6 is 0 Å². The van der Waals surface area contributed by atoms with Crippen molar-refractivity contribution in [3.8, 4) is 5.69 Å². The van der Waals surface area contributed by atoms with Crippen molar-refractivity contribution < 1.29 is 22.0 Å². The maximum atomic E-state index is 14.4. The van der Waals surface area contributed by atoms with Crippen LogP contribution < -0.4 is 0 Å². The Morgan fingerprint density at radius 2 is 1.90 bits per heavy atom. The van der Waals surface area contributed by atoms with Crippen LogP contribution in [-0.2, 0) is 23.5 Å². The minimum absolute atomic E-state index is 0.0137. The number of carbonyl (C=O) groups is 1.